The number of para-hydroxylation sites is 1. The van der Waals surface area contributed by atoms with Gasteiger partial charge in [0, 0.05) is 30.9 Å². The molecular weight excluding hydrogens is 857 g/mol. The summed E-state index contributed by atoms with van der Waals surface area (Å²) in [4.78, 5) is 45.3. The molecule has 0 aliphatic carbocycles. The maximum Gasteiger partial charge on any atom is 0.399 e. The molecule has 0 aliphatic rings. The molecule has 0 radical (unpaired) electrons. The van der Waals surface area contributed by atoms with E-state index < -0.39 is 37.6 Å². The second kappa shape index (κ2) is 17.3. The highest BCUT2D eigenvalue weighted by molar-refractivity contribution is 7.60. The maximum atomic E-state index is 14.7. The summed E-state index contributed by atoms with van der Waals surface area (Å²) in [5, 5.41) is 9.47. The summed E-state index contributed by atoms with van der Waals surface area (Å²) in [5.74, 6) is 0.197. The van der Waals surface area contributed by atoms with Gasteiger partial charge in [0.1, 0.15) is 11.1 Å². The number of ether oxygens (including phenoxy) is 1. The Bertz CT molecular complexity index is 3030. The summed E-state index contributed by atoms with van der Waals surface area (Å²) in [6.45, 7) is 4.16. The molecule has 8 aromatic rings. The number of rotatable bonds is 15. The average Bonchev–Trinajstić information content (AvgIpc) is 3.73. The van der Waals surface area contributed by atoms with E-state index in [0.717, 1.165) is 34.3 Å². The van der Waals surface area contributed by atoms with E-state index in [4.69, 9.17) is 9.72 Å². The number of hydrogen-bond acceptors (Lipinski definition) is 6. The van der Waals surface area contributed by atoms with Crippen molar-refractivity contribution in [2.45, 2.75) is 49.9 Å². The van der Waals surface area contributed by atoms with E-state index in [9.17, 15) is 37.5 Å². The summed E-state index contributed by atoms with van der Waals surface area (Å²) in [6, 6.07) is 46.3. The smallest absolute Gasteiger partial charge is 0.367 e. The van der Waals surface area contributed by atoms with Gasteiger partial charge in [0.2, 0.25) is 0 Å². The Morgan fingerprint density at radius 1 is 0.672 bits per heavy atom. The Morgan fingerprint density at radius 2 is 1.25 bits per heavy atom. The van der Waals surface area contributed by atoms with Crippen LogP contribution in [0.2, 0.25) is 0 Å². The highest BCUT2D eigenvalue weighted by Crippen LogP contribution is 2.59. The minimum atomic E-state index is -5.78. The lowest BCUT2D eigenvalue weighted by Gasteiger charge is -2.36. The summed E-state index contributed by atoms with van der Waals surface area (Å²) in [6.07, 6.45) is 1.11. The largest absolute Gasteiger partial charge is 0.399 e. The van der Waals surface area contributed by atoms with Crippen LogP contribution >= 0.6 is 15.2 Å². The lowest BCUT2D eigenvalue weighted by Crippen LogP contribution is -2.40. The van der Waals surface area contributed by atoms with Gasteiger partial charge in [-0.25, -0.2) is 9.67 Å². The fourth-order valence-electron chi connectivity index (χ4n) is 8.74. The number of benzene rings is 6. The first-order chi connectivity index (χ1) is 30.4. The fourth-order valence-corrected chi connectivity index (χ4v) is 9.99. The molecule has 2 aromatic heterocycles. The second-order valence-electron chi connectivity index (χ2n) is 16.5. The van der Waals surface area contributed by atoms with Gasteiger partial charge in [0.05, 0.1) is 27.6 Å². The summed E-state index contributed by atoms with van der Waals surface area (Å²) in [7, 11) is -9.03. The van der Waals surface area contributed by atoms with Crippen LogP contribution in [0, 0.1) is 5.92 Å². The van der Waals surface area contributed by atoms with Crippen molar-refractivity contribution in [1.82, 2.24) is 20.0 Å². The summed E-state index contributed by atoms with van der Waals surface area (Å²) in [5.41, 5.74) is -0.657. The van der Waals surface area contributed by atoms with Crippen molar-refractivity contribution in [1.29, 1.82) is 0 Å². The van der Waals surface area contributed by atoms with Crippen LogP contribution in [0.15, 0.2) is 158 Å². The van der Waals surface area contributed by atoms with Crippen molar-refractivity contribution >= 4 is 42.4 Å². The van der Waals surface area contributed by atoms with E-state index in [1.165, 1.54) is 18.2 Å². The van der Waals surface area contributed by atoms with Gasteiger partial charge in [0.25, 0.3) is 0 Å². The molecule has 8 rings (SSSR count). The van der Waals surface area contributed by atoms with Crippen molar-refractivity contribution in [2.75, 3.05) is 7.11 Å². The molecule has 2 unspecified atom stereocenters. The van der Waals surface area contributed by atoms with Crippen LogP contribution in [0.3, 0.4) is 0 Å². The number of nitrogens with zero attached hydrogens (tertiary/aromatic N) is 4. The van der Waals surface area contributed by atoms with Crippen LogP contribution in [0.5, 0.6) is 0 Å². The Balaban J connectivity index is 1.21. The van der Waals surface area contributed by atoms with Crippen molar-refractivity contribution in [3.8, 4) is 11.1 Å². The molecule has 2 atom stereocenters. The van der Waals surface area contributed by atoms with Crippen molar-refractivity contribution in [3.63, 3.8) is 0 Å². The van der Waals surface area contributed by atoms with Crippen LogP contribution in [0.1, 0.15) is 53.8 Å². The molecule has 0 saturated carbocycles. The zero-order valence-corrected chi connectivity index (χ0v) is 37.0. The quantitative estimate of drug-likeness (QED) is 0.0727. The Hall–Kier alpha value is -5.75. The minimum absolute atomic E-state index is 0.179. The van der Waals surface area contributed by atoms with Crippen LogP contribution in [0.4, 0.5) is 8.78 Å². The fraction of sp³-hybridized carbons (Fsp3) is 0.204. The van der Waals surface area contributed by atoms with Gasteiger partial charge < -0.3 is 24.3 Å². The molecule has 0 bridgehead atoms. The van der Waals surface area contributed by atoms with Gasteiger partial charge in [-0.1, -0.05) is 146 Å². The Labute approximate surface area is 368 Å². The van der Waals surface area contributed by atoms with E-state index in [-0.39, 0.29) is 23.2 Å². The van der Waals surface area contributed by atoms with Gasteiger partial charge >= 0.3 is 20.9 Å². The Kier molecular flexibility index (Phi) is 12.1. The molecule has 2 heterocycles. The van der Waals surface area contributed by atoms with E-state index in [1.54, 1.807) is 7.11 Å². The van der Waals surface area contributed by atoms with Gasteiger partial charge in [-0.3, -0.25) is 9.13 Å². The number of pyridine rings is 1. The van der Waals surface area contributed by atoms with Gasteiger partial charge in [-0.2, -0.15) is 8.78 Å². The molecule has 15 heteroatoms. The Morgan fingerprint density at radius 3 is 1.83 bits per heavy atom. The molecular formula is C49H46F2N4O7P2. The second-order valence-corrected chi connectivity index (χ2v) is 19.7. The molecule has 0 fully saturated rings. The standard InChI is InChI=1S/C49H46F2N4O7P2/c1-33(2)30-48(62-3,40-14-8-5-9-15-40)45-27-24-37-28-38(29-44(46(37)52-45)63(56,57)58)36-22-18-34(19-23-36)31-47(39-12-6-4-7-13-39,55-43-17-11-10-16-42(43)53-54-55)32-35-20-25-41(26-21-35)49(50,51)64(59,60)61/h4-29,33H,30-32H2,1-3H3,(H2,56,57,58)(H2,59,60,61). The van der Waals surface area contributed by atoms with Gasteiger partial charge in [-0.15, -0.1) is 5.10 Å². The topological polar surface area (TPSA) is 168 Å². The minimum Gasteiger partial charge on any atom is -0.367 e. The molecule has 328 valence electrons. The van der Waals surface area contributed by atoms with Gasteiger partial charge in [0.15, 0.2) is 0 Å². The molecule has 0 aliphatic heterocycles. The first-order valence-electron chi connectivity index (χ1n) is 20.6. The predicted molar refractivity (Wildman–Crippen MR) is 243 cm³/mol. The van der Waals surface area contributed by atoms with E-state index in [1.807, 2.05) is 132 Å². The molecule has 6 aromatic carbocycles. The third-order valence-electron chi connectivity index (χ3n) is 11.8. The third-order valence-corrected chi connectivity index (χ3v) is 13.8. The van der Waals surface area contributed by atoms with Crippen molar-refractivity contribution < 1.29 is 42.2 Å². The van der Waals surface area contributed by atoms with Crippen LogP contribution in [0.25, 0.3) is 33.1 Å². The van der Waals surface area contributed by atoms with Crippen LogP contribution in [-0.4, -0.2) is 46.7 Å². The maximum absolute atomic E-state index is 14.7. The molecule has 11 nitrogen and oxygen atoms in total. The molecule has 64 heavy (non-hydrogen) atoms. The monoisotopic (exact) mass is 902 g/mol. The first kappa shape index (κ1) is 44.8. The number of methoxy groups -OCH3 is 1. The average molecular weight is 903 g/mol. The first-order valence-corrected chi connectivity index (χ1v) is 23.8. The zero-order valence-electron chi connectivity index (χ0n) is 35.2. The van der Waals surface area contributed by atoms with Gasteiger partial charge in [-0.05, 0) is 76.1 Å². The van der Waals surface area contributed by atoms with Crippen molar-refractivity contribution in [2.24, 2.45) is 5.92 Å². The third kappa shape index (κ3) is 8.49. The highest BCUT2D eigenvalue weighted by atomic mass is 31.2. The number of halogens is 2. The van der Waals surface area contributed by atoms with Crippen molar-refractivity contribution in [3.05, 3.63) is 191 Å². The number of fused-ring (bicyclic) bond motifs is 2. The zero-order chi connectivity index (χ0) is 45.5. The molecule has 4 N–H and O–H groups in total. The summed E-state index contributed by atoms with van der Waals surface area (Å²) < 4.78 is 62.5. The van der Waals surface area contributed by atoms with Crippen LogP contribution < -0.4 is 5.30 Å². The lowest BCUT2D eigenvalue weighted by molar-refractivity contribution is 0.00108. The molecule has 0 amide bonds. The molecule has 0 saturated heterocycles. The summed E-state index contributed by atoms with van der Waals surface area (Å²) >= 11 is 0. The van der Waals surface area contributed by atoms with E-state index >= 15 is 0 Å². The number of hydrogen-bond donors (Lipinski definition) is 4. The number of aromatic nitrogens is 4. The highest BCUT2D eigenvalue weighted by Gasteiger charge is 2.50. The van der Waals surface area contributed by atoms with Crippen LogP contribution in [-0.2, 0) is 43.5 Å². The van der Waals surface area contributed by atoms with E-state index in [0.29, 0.717) is 46.1 Å². The SMILES string of the molecule is COC(CC(C)C)(c1ccccc1)c1ccc2cc(-c3ccc(CC(Cc4ccc(C(F)(F)P(=O)(O)O)cc4)(c4ccccc4)n4nnc5ccccc54)cc3)cc(P(=O)(O)O)c2n1. The normalized spacial score (nSPS) is 14.5. The predicted octanol–water partition coefficient (Wildman–Crippen LogP) is 9.84. The van der Waals surface area contributed by atoms with E-state index in [2.05, 4.69) is 24.2 Å². The number of alkyl halides is 2. The lowest BCUT2D eigenvalue weighted by atomic mass is 9.78. The molecule has 0 spiro atoms.